The van der Waals surface area contributed by atoms with Crippen molar-refractivity contribution in [3.8, 4) is 11.5 Å². The molecule has 0 aliphatic heterocycles. The Morgan fingerprint density at radius 1 is 0.963 bits per heavy atom. The first kappa shape index (κ1) is 20.6. The summed E-state index contributed by atoms with van der Waals surface area (Å²) in [6, 6.07) is 10.2. The van der Waals surface area contributed by atoms with Gasteiger partial charge in [-0.25, -0.2) is 0 Å². The molecule has 0 saturated heterocycles. The molecule has 0 aliphatic rings. The van der Waals surface area contributed by atoms with E-state index in [0.29, 0.717) is 27.9 Å². The van der Waals surface area contributed by atoms with E-state index in [1.165, 1.54) is 14.2 Å². The van der Waals surface area contributed by atoms with Crippen LogP contribution < -0.4 is 20.1 Å². The molecule has 2 amide bonds. The van der Waals surface area contributed by atoms with Crippen LogP contribution in [0.15, 0.2) is 36.4 Å². The smallest absolute Gasteiger partial charge is 0.239 e. The third-order valence-electron chi connectivity index (χ3n) is 4.31. The second-order valence-electron chi connectivity index (χ2n) is 6.51. The highest BCUT2D eigenvalue weighted by Crippen LogP contribution is 2.31. The number of ether oxygens (including phenoxy) is 2. The van der Waals surface area contributed by atoms with Crippen LogP contribution in [0.25, 0.3) is 0 Å². The number of rotatable bonds is 6. The summed E-state index contributed by atoms with van der Waals surface area (Å²) in [6.07, 6.45) is 0. The zero-order valence-electron chi connectivity index (χ0n) is 16.0. The summed E-state index contributed by atoms with van der Waals surface area (Å²) >= 11 is 6.08. The Kier molecular flexibility index (Phi) is 6.33. The minimum Gasteiger partial charge on any atom is -0.497 e. The Morgan fingerprint density at radius 3 is 2.19 bits per heavy atom. The molecule has 0 saturated carbocycles. The van der Waals surface area contributed by atoms with E-state index < -0.39 is 17.2 Å². The molecule has 0 aliphatic carbocycles. The van der Waals surface area contributed by atoms with Gasteiger partial charge in [-0.3, -0.25) is 9.59 Å². The van der Waals surface area contributed by atoms with Gasteiger partial charge in [0, 0.05) is 16.8 Å². The second kappa shape index (κ2) is 8.31. The molecule has 2 aromatic rings. The number of methoxy groups -OCH3 is 2. The minimum atomic E-state index is -1.33. The molecular formula is C20H23ClN2O4. The largest absolute Gasteiger partial charge is 0.497 e. The Balaban J connectivity index is 2.19. The maximum Gasteiger partial charge on any atom is 0.239 e. The van der Waals surface area contributed by atoms with Crippen LogP contribution in [-0.4, -0.2) is 26.0 Å². The summed E-state index contributed by atoms with van der Waals surface area (Å²) in [6.45, 7) is 4.90. The summed E-state index contributed by atoms with van der Waals surface area (Å²) in [5.74, 6) is 0.115. The van der Waals surface area contributed by atoms with Crippen molar-refractivity contribution in [2.45, 2.75) is 20.8 Å². The summed E-state index contributed by atoms with van der Waals surface area (Å²) < 4.78 is 10.4. The van der Waals surface area contributed by atoms with Gasteiger partial charge in [0.25, 0.3) is 0 Å². The van der Waals surface area contributed by atoms with Crippen molar-refractivity contribution in [1.29, 1.82) is 0 Å². The van der Waals surface area contributed by atoms with Crippen LogP contribution in [-0.2, 0) is 9.59 Å². The summed E-state index contributed by atoms with van der Waals surface area (Å²) in [5.41, 5.74) is 0.415. The topological polar surface area (TPSA) is 76.7 Å². The molecule has 0 bridgehead atoms. The number of carbonyl (C=O) groups is 2. The van der Waals surface area contributed by atoms with Gasteiger partial charge in [0.05, 0.1) is 19.9 Å². The van der Waals surface area contributed by atoms with E-state index >= 15 is 0 Å². The van der Waals surface area contributed by atoms with Crippen molar-refractivity contribution < 1.29 is 19.1 Å². The number of benzene rings is 2. The Labute approximate surface area is 163 Å². The molecule has 2 N–H and O–H groups in total. The van der Waals surface area contributed by atoms with E-state index in [0.717, 1.165) is 5.56 Å². The van der Waals surface area contributed by atoms with E-state index in [1.807, 2.05) is 0 Å². The SMILES string of the molecule is COc1ccc(NC(=O)C(C)(C)C(=O)Nc2cccc(Cl)c2C)c(OC)c1. The first-order chi connectivity index (χ1) is 12.7. The fourth-order valence-corrected chi connectivity index (χ4v) is 2.48. The summed E-state index contributed by atoms with van der Waals surface area (Å²) in [5, 5.41) is 6.05. The monoisotopic (exact) mass is 390 g/mol. The molecule has 0 atom stereocenters. The Hall–Kier alpha value is -2.73. The predicted molar refractivity (Wildman–Crippen MR) is 107 cm³/mol. The maximum absolute atomic E-state index is 12.8. The van der Waals surface area contributed by atoms with E-state index in [9.17, 15) is 9.59 Å². The number of halogens is 1. The number of amides is 2. The lowest BCUT2D eigenvalue weighted by Gasteiger charge is -2.24. The normalized spacial score (nSPS) is 10.9. The highest BCUT2D eigenvalue weighted by molar-refractivity contribution is 6.31. The molecule has 144 valence electrons. The van der Waals surface area contributed by atoms with Gasteiger partial charge < -0.3 is 20.1 Å². The highest BCUT2D eigenvalue weighted by atomic mass is 35.5. The van der Waals surface area contributed by atoms with Crippen molar-refractivity contribution in [2.24, 2.45) is 5.41 Å². The third-order valence-corrected chi connectivity index (χ3v) is 4.72. The molecule has 0 aromatic heterocycles. The van der Waals surface area contributed by atoms with Crippen LogP contribution in [0.4, 0.5) is 11.4 Å². The molecular weight excluding hydrogens is 368 g/mol. The predicted octanol–water partition coefficient (Wildman–Crippen LogP) is 4.27. The van der Waals surface area contributed by atoms with Gasteiger partial charge in [-0.2, -0.15) is 0 Å². The molecule has 2 aromatic carbocycles. The third kappa shape index (κ3) is 4.52. The van der Waals surface area contributed by atoms with Crippen molar-refractivity contribution in [1.82, 2.24) is 0 Å². The molecule has 6 nitrogen and oxygen atoms in total. The van der Waals surface area contributed by atoms with Gasteiger partial charge in [-0.1, -0.05) is 17.7 Å². The van der Waals surface area contributed by atoms with Crippen molar-refractivity contribution in [3.63, 3.8) is 0 Å². The molecule has 0 spiro atoms. The van der Waals surface area contributed by atoms with Crippen LogP contribution in [0.2, 0.25) is 5.02 Å². The Morgan fingerprint density at radius 2 is 1.59 bits per heavy atom. The molecule has 0 heterocycles. The molecule has 27 heavy (non-hydrogen) atoms. The van der Waals surface area contributed by atoms with Crippen LogP contribution in [0.3, 0.4) is 0 Å². The van der Waals surface area contributed by atoms with Crippen molar-refractivity contribution in [3.05, 3.63) is 47.0 Å². The lowest BCUT2D eigenvalue weighted by molar-refractivity contribution is -0.135. The molecule has 2 rings (SSSR count). The zero-order valence-corrected chi connectivity index (χ0v) is 16.7. The second-order valence-corrected chi connectivity index (χ2v) is 6.92. The number of nitrogens with one attached hydrogen (secondary N) is 2. The quantitative estimate of drug-likeness (QED) is 0.722. The van der Waals surface area contributed by atoms with Gasteiger partial charge in [0.15, 0.2) is 0 Å². The van der Waals surface area contributed by atoms with Gasteiger partial charge in [0.1, 0.15) is 16.9 Å². The first-order valence-electron chi connectivity index (χ1n) is 8.30. The summed E-state index contributed by atoms with van der Waals surface area (Å²) in [7, 11) is 3.03. The van der Waals surface area contributed by atoms with E-state index in [4.69, 9.17) is 21.1 Å². The van der Waals surface area contributed by atoms with Crippen LogP contribution in [0.5, 0.6) is 11.5 Å². The number of hydrogen-bond acceptors (Lipinski definition) is 4. The molecule has 0 fully saturated rings. The lowest BCUT2D eigenvalue weighted by Crippen LogP contribution is -2.41. The van der Waals surface area contributed by atoms with Gasteiger partial charge in [0.2, 0.25) is 11.8 Å². The van der Waals surface area contributed by atoms with Gasteiger partial charge in [-0.15, -0.1) is 0 Å². The van der Waals surface area contributed by atoms with Crippen LogP contribution in [0.1, 0.15) is 19.4 Å². The Bertz CT molecular complexity index is 865. The fraction of sp³-hybridized carbons (Fsp3) is 0.300. The summed E-state index contributed by atoms with van der Waals surface area (Å²) in [4.78, 5) is 25.5. The number of carbonyl (C=O) groups excluding carboxylic acids is 2. The van der Waals surface area contributed by atoms with E-state index in [1.54, 1.807) is 57.2 Å². The average molecular weight is 391 g/mol. The number of hydrogen-bond donors (Lipinski definition) is 2. The zero-order chi connectivity index (χ0) is 20.2. The van der Waals surface area contributed by atoms with Crippen LogP contribution >= 0.6 is 11.6 Å². The first-order valence-corrected chi connectivity index (χ1v) is 8.68. The molecule has 7 heteroatoms. The minimum absolute atomic E-state index is 0.435. The van der Waals surface area contributed by atoms with E-state index in [2.05, 4.69) is 10.6 Å². The average Bonchev–Trinajstić information content (AvgIpc) is 2.65. The maximum atomic E-state index is 12.8. The van der Waals surface area contributed by atoms with Crippen molar-refractivity contribution in [2.75, 3.05) is 24.9 Å². The molecule has 0 radical (unpaired) electrons. The fourth-order valence-electron chi connectivity index (χ4n) is 2.30. The highest BCUT2D eigenvalue weighted by Gasteiger charge is 2.36. The van der Waals surface area contributed by atoms with Gasteiger partial charge in [-0.05, 0) is 50.6 Å². The van der Waals surface area contributed by atoms with E-state index in [-0.39, 0.29) is 0 Å². The molecule has 0 unspecified atom stereocenters. The standard InChI is InChI=1S/C20H23ClN2O4/c1-12-14(21)7-6-8-15(12)22-18(24)20(2,3)19(25)23-16-10-9-13(26-4)11-17(16)27-5/h6-11H,1-5H3,(H,22,24)(H,23,25). The number of anilines is 2. The van der Waals surface area contributed by atoms with Crippen molar-refractivity contribution >= 4 is 34.8 Å². The van der Waals surface area contributed by atoms with Gasteiger partial charge >= 0.3 is 0 Å². The van der Waals surface area contributed by atoms with Crippen LogP contribution in [0, 0.1) is 12.3 Å². The lowest BCUT2D eigenvalue weighted by atomic mass is 9.90.